The quantitative estimate of drug-likeness (QED) is 0.937. The molecule has 0 radical (unpaired) electrons. The molecule has 1 spiro atoms. The molecule has 2 aromatic heterocycles. The summed E-state index contributed by atoms with van der Waals surface area (Å²) < 4.78 is 1.89. The van der Waals surface area contributed by atoms with E-state index in [0.717, 1.165) is 45.3 Å². The summed E-state index contributed by atoms with van der Waals surface area (Å²) in [5.41, 5.74) is 2.76. The lowest BCUT2D eigenvalue weighted by molar-refractivity contribution is -0.133. The van der Waals surface area contributed by atoms with Gasteiger partial charge in [-0.1, -0.05) is 0 Å². The Labute approximate surface area is 135 Å². The third-order valence-corrected chi connectivity index (χ3v) is 5.39. The molecular formula is C17H23N5O. The van der Waals surface area contributed by atoms with Gasteiger partial charge in [-0.15, -0.1) is 0 Å². The van der Waals surface area contributed by atoms with Crippen LogP contribution in [0.4, 0.5) is 0 Å². The monoisotopic (exact) mass is 313 g/mol. The number of nitrogens with one attached hydrogen (secondary N) is 1. The van der Waals surface area contributed by atoms with E-state index in [-0.39, 0.29) is 11.3 Å². The number of fused-ring (bicyclic) bond motifs is 2. The number of piperidine rings is 1. The summed E-state index contributed by atoms with van der Waals surface area (Å²) in [5, 5.41) is 11.6. The van der Waals surface area contributed by atoms with Crippen molar-refractivity contribution in [1.29, 1.82) is 0 Å². The Morgan fingerprint density at radius 1 is 1.39 bits per heavy atom. The third-order valence-electron chi connectivity index (χ3n) is 5.39. The number of aromatic amines is 1. The number of carbonyl (C=O) groups excluding carboxylic acids is 1. The first-order valence-corrected chi connectivity index (χ1v) is 8.55. The van der Waals surface area contributed by atoms with Crippen molar-refractivity contribution in [2.24, 2.45) is 0 Å². The predicted molar refractivity (Wildman–Crippen MR) is 85.9 cm³/mol. The normalized spacial score (nSPS) is 23.4. The van der Waals surface area contributed by atoms with Crippen molar-refractivity contribution in [3.05, 3.63) is 35.9 Å². The molecule has 0 aromatic carbocycles. The van der Waals surface area contributed by atoms with Crippen LogP contribution in [0.3, 0.4) is 0 Å². The molecule has 1 saturated heterocycles. The highest BCUT2D eigenvalue weighted by Crippen LogP contribution is 2.43. The number of carbonyl (C=O) groups is 1. The molecule has 2 aromatic rings. The number of aryl methyl sites for hydroxylation is 2. The minimum absolute atomic E-state index is 0.127. The minimum Gasteiger partial charge on any atom is -0.342 e. The first-order valence-electron chi connectivity index (χ1n) is 8.55. The first-order chi connectivity index (χ1) is 11.3. The van der Waals surface area contributed by atoms with Gasteiger partial charge in [-0.05, 0) is 43.7 Å². The maximum atomic E-state index is 12.6. The van der Waals surface area contributed by atoms with Gasteiger partial charge >= 0.3 is 0 Å². The molecule has 23 heavy (non-hydrogen) atoms. The molecular weight excluding hydrogens is 290 g/mol. The molecule has 2 aliphatic rings. The van der Waals surface area contributed by atoms with Gasteiger partial charge in [-0.2, -0.15) is 10.2 Å². The zero-order chi connectivity index (χ0) is 15.7. The summed E-state index contributed by atoms with van der Waals surface area (Å²) in [6.45, 7) is 2.55. The second kappa shape index (κ2) is 5.83. The molecule has 3 heterocycles. The molecule has 6 heteroatoms. The van der Waals surface area contributed by atoms with Crippen LogP contribution >= 0.6 is 0 Å². The van der Waals surface area contributed by atoms with Crippen molar-refractivity contribution in [2.45, 2.75) is 50.5 Å². The van der Waals surface area contributed by atoms with Crippen LogP contribution in [-0.4, -0.2) is 43.9 Å². The number of rotatable bonds is 4. The number of amides is 1. The summed E-state index contributed by atoms with van der Waals surface area (Å²) in [4.78, 5) is 14.7. The molecule has 1 amide bonds. The SMILES string of the molecule is O=C(CCCn1cccn1)N1CCCC2(CCc3cn[nH]c32)C1. The van der Waals surface area contributed by atoms with Crippen molar-refractivity contribution in [3.8, 4) is 0 Å². The minimum atomic E-state index is 0.127. The molecule has 0 saturated carbocycles. The highest BCUT2D eigenvalue weighted by Gasteiger charge is 2.44. The first kappa shape index (κ1) is 14.5. The van der Waals surface area contributed by atoms with Gasteiger partial charge in [0.25, 0.3) is 0 Å². The fraction of sp³-hybridized carbons (Fsp3) is 0.588. The smallest absolute Gasteiger partial charge is 0.222 e. The van der Waals surface area contributed by atoms with Crippen molar-refractivity contribution in [2.75, 3.05) is 13.1 Å². The van der Waals surface area contributed by atoms with E-state index in [9.17, 15) is 4.79 Å². The maximum absolute atomic E-state index is 12.6. The van der Waals surface area contributed by atoms with Gasteiger partial charge in [0, 0.05) is 49.6 Å². The average molecular weight is 313 g/mol. The van der Waals surface area contributed by atoms with Crippen LogP contribution in [0.25, 0.3) is 0 Å². The van der Waals surface area contributed by atoms with Gasteiger partial charge < -0.3 is 4.90 Å². The van der Waals surface area contributed by atoms with Gasteiger partial charge in [-0.25, -0.2) is 0 Å². The lowest BCUT2D eigenvalue weighted by Gasteiger charge is -2.40. The Bertz CT molecular complexity index is 677. The number of hydrogen-bond acceptors (Lipinski definition) is 3. The Morgan fingerprint density at radius 2 is 2.35 bits per heavy atom. The van der Waals surface area contributed by atoms with Gasteiger partial charge in [0.1, 0.15) is 0 Å². The number of likely N-dealkylation sites (tertiary alicyclic amines) is 1. The van der Waals surface area contributed by atoms with E-state index in [1.54, 1.807) is 6.20 Å². The highest BCUT2D eigenvalue weighted by molar-refractivity contribution is 5.76. The molecule has 1 atom stereocenters. The third kappa shape index (κ3) is 2.66. The topological polar surface area (TPSA) is 66.8 Å². The number of nitrogens with zero attached hydrogens (tertiary/aromatic N) is 4. The average Bonchev–Trinajstić information content (AvgIpc) is 3.28. The number of hydrogen-bond donors (Lipinski definition) is 1. The molecule has 1 N–H and O–H groups in total. The highest BCUT2D eigenvalue weighted by atomic mass is 16.2. The molecule has 1 aliphatic heterocycles. The largest absolute Gasteiger partial charge is 0.342 e. The van der Waals surface area contributed by atoms with Crippen molar-refractivity contribution in [1.82, 2.24) is 24.9 Å². The van der Waals surface area contributed by atoms with E-state index in [1.165, 1.54) is 17.7 Å². The summed E-state index contributed by atoms with van der Waals surface area (Å²) >= 11 is 0. The van der Waals surface area contributed by atoms with Gasteiger partial charge in [0.15, 0.2) is 0 Å². The fourth-order valence-corrected chi connectivity index (χ4v) is 4.19. The molecule has 6 nitrogen and oxygen atoms in total. The zero-order valence-corrected chi connectivity index (χ0v) is 13.4. The van der Waals surface area contributed by atoms with Crippen LogP contribution in [0.1, 0.15) is 43.4 Å². The lowest BCUT2D eigenvalue weighted by atomic mass is 9.77. The Hall–Kier alpha value is -2.11. The summed E-state index contributed by atoms with van der Waals surface area (Å²) in [6, 6.07) is 1.91. The van der Waals surface area contributed by atoms with E-state index in [4.69, 9.17) is 0 Å². The molecule has 1 aliphatic carbocycles. The molecule has 122 valence electrons. The van der Waals surface area contributed by atoms with E-state index < -0.39 is 0 Å². The van der Waals surface area contributed by atoms with Crippen LogP contribution in [0, 0.1) is 0 Å². The van der Waals surface area contributed by atoms with Crippen LogP contribution in [0.2, 0.25) is 0 Å². The Kier molecular flexibility index (Phi) is 3.67. The van der Waals surface area contributed by atoms with E-state index >= 15 is 0 Å². The van der Waals surface area contributed by atoms with Crippen molar-refractivity contribution >= 4 is 5.91 Å². The molecule has 1 unspecified atom stereocenters. The van der Waals surface area contributed by atoms with Gasteiger partial charge in [0.2, 0.25) is 5.91 Å². The van der Waals surface area contributed by atoms with Gasteiger partial charge in [-0.3, -0.25) is 14.6 Å². The summed E-state index contributed by atoms with van der Waals surface area (Å²) in [7, 11) is 0. The standard InChI is InChI=1S/C17H23N5O/c23-15(4-1-10-22-11-3-8-19-22)21-9-2-6-17(13-21)7-5-14-12-18-20-16(14)17/h3,8,11-12H,1-2,4-7,9-10,13H2,(H,18,20). The van der Waals surface area contributed by atoms with Crippen LogP contribution in [-0.2, 0) is 23.2 Å². The second-order valence-electron chi connectivity index (χ2n) is 6.84. The van der Waals surface area contributed by atoms with Gasteiger partial charge in [0.05, 0.1) is 6.20 Å². The van der Waals surface area contributed by atoms with Crippen molar-refractivity contribution in [3.63, 3.8) is 0 Å². The van der Waals surface area contributed by atoms with E-state index in [0.29, 0.717) is 6.42 Å². The van der Waals surface area contributed by atoms with Crippen LogP contribution in [0.15, 0.2) is 24.7 Å². The van der Waals surface area contributed by atoms with E-state index in [1.807, 2.05) is 23.1 Å². The van der Waals surface area contributed by atoms with Crippen LogP contribution in [0.5, 0.6) is 0 Å². The fourth-order valence-electron chi connectivity index (χ4n) is 4.19. The number of aromatic nitrogens is 4. The second-order valence-corrected chi connectivity index (χ2v) is 6.84. The Balaban J connectivity index is 1.37. The van der Waals surface area contributed by atoms with Crippen molar-refractivity contribution < 1.29 is 4.79 Å². The predicted octanol–water partition coefficient (Wildman–Crippen LogP) is 1.89. The van der Waals surface area contributed by atoms with E-state index in [2.05, 4.69) is 20.2 Å². The lowest BCUT2D eigenvalue weighted by Crippen LogP contribution is -2.47. The zero-order valence-electron chi connectivity index (χ0n) is 13.4. The summed E-state index contributed by atoms with van der Waals surface area (Å²) in [6.07, 6.45) is 11.6. The molecule has 0 bridgehead atoms. The Morgan fingerprint density at radius 3 is 3.22 bits per heavy atom. The number of H-pyrrole nitrogens is 1. The maximum Gasteiger partial charge on any atom is 0.222 e. The molecule has 4 rings (SSSR count). The molecule has 1 fully saturated rings. The van der Waals surface area contributed by atoms with Crippen LogP contribution < -0.4 is 0 Å². The summed E-state index contributed by atoms with van der Waals surface area (Å²) in [5.74, 6) is 0.282.